The SMILES string of the molecule is CN1CCN(c2cc(N(C)C)cn3c(=O)c(O)c(C(=O)O)nc23)C1=O. The van der Waals surface area contributed by atoms with E-state index in [1.807, 2.05) is 0 Å². The van der Waals surface area contributed by atoms with Gasteiger partial charge in [-0.1, -0.05) is 0 Å². The number of hydrogen-bond acceptors (Lipinski definition) is 6. The number of rotatable bonds is 3. The number of aromatic carboxylic acids is 1. The number of carbonyl (C=O) groups is 2. The lowest BCUT2D eigenvalue weighted by Gasteiger charge is -2.21. The van der Waals surface area contributed by atoms with Gasteiger partial charge in [-0.15, -0.1) is 0 Å². The van der Waals surface area contributed by atoms with Crippen LogP contribution in [0.3, 0.4) is 0 Å². The Morgan fingerprint density at radius 1 is 1.28 bits per heavy atom. The molecular weight excluding hydrogens is 330 g/mol. The highest BCUT2D eigenvalue weighted by Crippen LogP contribution is 2.29. The molecule has 3 heterocycles. The molecule has 132 valence electrons. The van der Waals surface area contributed by atoms with Gasteiger partial charge in [0.25, 0.3) is 0 Å². The predicted molar refractivity (Wildman–Crippen MR) is 89.8 cm³/mol. The molecule has 0 radical (unpaired) electrons. The maximum atomic E-state index is 12.4. The van der Waals surface area contributed by atoms with Gasteiger partial charge in [-0.3, -0.25) is 14.1 Å². The topological polar surface area (TPSA) is 119 Å². The second kappa shape index (κ2) is 5.65. The van der Waals surface area contributed by atoms with Crippen LogP contribution < -0.4 is 15.4 Å². The van der Waals surface area contributed by atoms with E-state index in [1.54, 1.807) is 32.1 Å². The number of urea groups is 1. The third-order valence-corrected chi connectivity index (χ3v) is 4.09. The van der Waals surface area contributed by atoms with E-state index in [1.165, 1.54) is 16.0 Å². The largest absolute Gasteiger partial charge is 0.501 e. The summed E-state index contributed by atoms with van der Waals surface area (Å²) in [5.41, 5.74) is -0.762. The summed E-state index contributed by atoms with van der Waals surface area (Å²) in [6.07, 6.45) is 1.43. The van der Waals surface area contributed by atoms with Crippen LogP contribution in [0.4, 0.5) is 16.2 Å². The molecule has 1 aliphatic rings. The van der Waals surface area contributed by atoms with Crippen LogP contribution >= 0.6 is 0 Å². The summed E-state index contributed by atoms with van der Waals surface area (Å²) in [6.45, 7) is 0.867. The van der Waals surface area contributed by atoms with Crippen LogP contribution in [0.5, 0.6) is 5.75 Å². The Labute approximate surface area is 142 Å². The molecule has 2 aromatic heterocycles. The summed E-state index contributed by atoms with van der Waals surface area (Å²) in [7, 11) is 5.16. The fourth-order valence-corrected chi connectivity index (χ4v) is 2.66. The summed E-state index contributed by atoms with van der Waals surface area (Å²) < 4.78 is 1.05. The van der Waals surface area contributed by atoms with Crippen LogP contribution in [0.2, 0.25) is 0 Å². The third-order valence-electron chi connectivity index (χ3n) is 4.09. The van der Waals surface area contributed by atoms with Crippen molar-refractivity contribution in [3.8, 4) is 5.75 Å². The molecule has 0 bridgehead atoms. The molecule has 0 unspecified atom stereocenters. The zero-order valence-corrected chi connectivity index (χ0v) is 13.9. The van der Waals surface area contributed by atoms with Crippen molar-refractivity contribution in [3.05, 3.63) is 28.3 Å². The van der Waals surface area contributed by atoms with Gasteiger partial charge < -0.3 is 20.0 Å². The van der Waals surface area contributed by atoms with E-state index in [2.05, 4.69) is 4.98 Å². The van der Waals surface area contributed by atoms with Crippen LogP contribution in [0.15, 0.2) is 17.1 Å². The number of likely N-dealkylation sites (N-methyl/N-ethyl adjacent to an activating group) is 1. The molecule has 3 rings (SSSR count). The summed E-state index contributed by atoms with van der Waals surface area (Å²) in [5, 5.41) is 19.0. The zero-order valence-electron chi connectivity index (χ0n) is 13.9. The van der Waals surface area contributed by atoms with Gasteiger partial charge in [0.1, 0.15) is 0 Å². The first-order valence-corrected chi connectivity index (χ1v) is 7.45. The Kier molecular flexibility index (Phi) is 3.74. The molecule has 1 saturated heterocycles. The zero-order chi connectivity index (χ0) is 18.5. The van der Waals surface area contributed by atoms with Crippen molar-refractivity contribution < 1.29 is 19.8 Å². The highest BCUT2D eigenvalue weighted by Gasteiger charge is 2.30. The monoisotopic (exact) mass is 347 g/mol. The van der Waals surface area contributed by atoms with E-state index >= 15 is 0 Å². The van der Waals surface area contributed by atoms with Gasteiger partial charge in [-0.25, -0.2) is 14.6 Å². The van der Waals surface area contributed by atoms with E-state index in [9.17, 15) is 24.6 Å². The third kappa shape index (κ3) is 2.51. The van der Waals surface area contributed by atoms with Crippen LogP contribution in [0.1, 0.15) is 10.5 Å². The average Bonchev–Trinajstić information content (AvgIpc) is 2.89. The van der Waals surface area contributed by atoms with Crippen molar-refractivity contribution in [3.63, 3.8) is 0 Å². The smallest absolute Gasteiger partial charge is 0.358 e. The molecule has 2 amide bonds. The van der Waals surface area contributed by atoms with Crippen molar-refractivity contribution in [2.75, 3.05) is 44.0 Å². The van der Waals surface area contributed by atoms with E-state index in [-0.39, 0.29) is 11.7 Å². The second-order valence-electron chi connectivity index (χ2n) is 5.95. The summed E-state index contributed by atoms with van der Waals surface area (Å²) >= 11 is 0. The minimum atomic E-state index is -1.52. The molecule has 0 aromatic carbocycles. The fraction of sp³-hybridized carbons (Fsp3) is 0.333. The van der Waals surface area contributed by atoms with E-state index in [0.717, 1.165) is 4.40 Å². The predicted octanol–water partition coefficient (Wildman–Crippen LogP) is 0.0361. The molecular formula is C15H17N5O5. The molecule has 0 aliphatic carbocycles. The first kappa shape index (κ1) is 16.6. The highest BCUT2D eigenvalue weighted by atomic mass is 16.4. The van der Waals surface area contributed by atoms with Crippen LogP contribution in [0.25, 0.3) is 5.65 Å². The number of nitrogens with zero attached hydrogens (tertiary/aromatic N) is 5. The molecule has 1 fully saturated rings. The van der Waals surface area contributed by atoms with Gasteiger partial charge in [0.15, 0.2) is 11.3 Å². The quantitative estimate of drug-likeness (QED) is 0.804. The fourth-order valence-electron chi connectivity index (χ4n) is 2.66. The molecule has 25 heavy (non-hydrogen) atoms. The summed E-state index contributed by atoms with van der Waals surface area (Å²) in [6, 6.07) is 1.37. The van der Waals surface area contributed by atoms with Gasteiger partial charge in [0, 0.05) is 40.4 Å². The van der Waals surface area contributed by atoms with Crippen molar-refractivity contribution in [1.29, 1.82) is 0 Å². The molecule has 0 atom stereocenters. The number of fused-ring (bicyclic) bond motifs is 1. The molecule has 0 saturated carbocycles. The van der Waals surface area contributed by atoms with Gasteiger partial charge in [0.05, 0.1) is 11.4 Å². The number of amides is 2. The maximum Gasteiger partial charge on any atom is 0.358 e. The molecule has 2 N–H and O–H groups in total. The number of pyridine rings is 1. The van der Waals surface area contributed by atoms with Gasteiger partial charge in [0.2, 0.25) is 5.75 Å². The number of hydrogen-bond donors (Lipinski definition) is 2. The van der Waals surface area contributed by atoms with E-state index < -0.39 is 23.0 Å². The van der Waals surface area contributed by atoms with Crippen molar-refractivity contribution >= 4 is 29.0 Å². The number of aromatic hydroxyl groups is 1. The minimum Gasteiger partial charge on any atom is -0.501 e. The minimum absolute atomic E-state index is 0.00514. The van der Waals surface area contributed by atoms with Crippen LogP contribution in [-0.4, -0.2) is 70.7 Å². The standard InChI is InChI=1S/C15H17N5O5/c1-17(2)8-6-9(19-5-4-18(3)15(19)25)12-16-10(14(23)24)11(21)13(22)20(12)7-8/h6-7,21H,4-5H2,1-3H3,(H,23,24). The number of carboxylic acid groups (broad SMARTS) is 1. The lowest BCUT2D eigenvalue weighted by molar-refractivity contribution is 0.0686. The second-order valence-corrected chi connectivity index (χ2v) is 5.95. The Hall–Kier alpha value is -3.30. The van der Waals surface area contributed by atoms with Crippen molar-refractivity contribution in [2.24, 2.45) is 0 Å². The van der Waals surface area contributed by atoms with E-state index in [0.29, 0.717) is 24.5 Å². The number of carboxylic acids is 1. The Balaban J connectivity index is 2.39. The lowest BCUT2D eigenvalue weighted by atomic mass is 10.2. The number of anilines is 2. The van der Waals surface area contributed by atoms with Gasteiger partial charge >= 0.3 is 17.6 Å². The first-order chi connectivity index (χ1) is 11.7. The molecule has 10 nitrogen and oxygen atoms in total. The van der Waals surface area contributed by atoms with Gasteiger partial charge in [-0.05, 0) is 6.07 Å². The lowest BCUT2D eigenvalue weighted by Crippen LogP contribution is -2.31. The summed E-state index contributed by atoms with van der Waals surface area (Å²) in [4.78, 5) is 44.6. The maximum absolute atomic E-state index is 12.4. The van der Waals surface area contributed by atoms with Crippen LogP contribution in [0, 0.1) is 0 Å². The highest BCUT2D eigenvalue weighted by molar-refractivity contribution is 5.99. The van der Waals surface area contributed by atoms with Gasteiger partial charge in [-0.2, -0.15) is 0 Å². The normalized spacial score (nSPS) is 14.4. The Morgan fingerprint density at radius 2 is 1.96 bits per heavy atom. The van der Waals surface area contributed by atoms with Crippen LogP contribution in [-0.2, 0) is 0 Å². The van der Waals surface area contributed by atoms with Crippen molar-refractivity contribution in [1.82, 2.24) is 14.3 Å². The average molecular weight is 347 g/mol. The number of aromatic nitrogens is 2. The Bertz CT molecular complexity index is 951. The van der Waals surface area contributed by atoms with Crippen molar-refractivity contribution in [2.45, 2.75) is 0 Å². The first-order valence-electron chi connectivity index (χ1n) is 7.45. The van der Waals surface area contributed by atoms with E-state index in [4.69, 9.17) is 0 Å². The molecule has 10 heteroatoms. The number of carbonyl (C=O) groups excluding carboxylic acids is 1. The molecule has 2 aromatic rings. The molecule has 0 spiro atoms. The summed E-state index contributed by atoms with van der Waals surface area (Å²) in [5.74, 6) is -2.47. The molecule has 1 aliphatic heterocycles. The Morgan fingerprint density at radius 3 is 2.48 bits per heavy atom.